The lowest BCUT2D eigenvalue weighted by Crippen LogP contribution is -2.44. The molecule has 0 bridgehead atoms. The molecule has 1 aliphatic rings. The molecule has 2 N–H and O–H groups in total. The molecule has 0 atom stereocenters. The molecule has 0 spiro atoms. The van der Waals surface area contributed by atoms with Crippen molar-refractivity contribution in [2.45, 2.75) is 12.8 Å². The van der Waals surface area contributed by atoms with E-state index in [0.717, 1.165) is 0 Å². The van der Waals surface area contributed by atoms with Crippen LogP contribution >= 0.6 is 0 Å². The Bertz CT molecular complexity index is 629. The molecule has 0 aliphatic carbocycles. The van der Waals surface area contributed by atoms with Crippen LogP contribution in [0.25, 0.3) is 0 Å². The number of carboxylic acid groups (broad SMARTS) is 1. The van der Waals surface area contributed by atoms with Crippen molar-refractivity contribution in [1.82, 2.24) is 4.72 Å². The third kappa shape index (κ3) is 3.34. The predicted octanol–water partition coefficient (Wildman–Crippen LogP) is 0.618. The Kier molecular flexibility index (Phi) is 4.81. The molecule has 0 saturated heterocycles. The maximum atomic E-state index is 12.3. The quantitative estimate of drug-likeness (QED) is 0.750. The second-order valence-electron chi connectivity index (χ2n) is 4.68. The summed E-state index contributed by atoms with van der Waals surface area (Å²) >= 11 is 0. The normalized spacial score (nSPS) is 14.8. The van der Waals surface area contributed by atoms with E-state index in [1.165, 1.54) is 17.5 Å². The van der Waals surface area contributed by atoms with E-state index in [4.69, 9.17) is 4.74 Å². The van der Waals surface area contributed by atoms with Gasteiger partial charge in [0, 0.05) is 20.2 Å². The zero-order valence-electron chi connectivity index (χ0n) is 11.7. The highest BCUT2D eigenvalue weighted by Crippen LogP contribution is 2.31. The van der Waals surface area contributed by atoms with Crippen LogP contribution in [-0.2, 0) is 21.4 Å². The van der Waals surface area contributed by atoms with Gasteiger partial charge in [-0.3, -0.25) is 4.31 Å². The van der Waals surface area contributed by atoms with E-state index >= 15 is 0 Å². The molecular formula is C13H18N2O5S. The average molecular weight is 314 g/mol. The summed E-state index contributed by atoms with van der Waals surface area (Å²) in [6, 6.07) is 4.69. The number of anilines is 1. The highest BCUT2D eigenvalue weighted by molar-refractivity contribution is 7.90. The van der Waals surface area contributed by atoms with Crippen LogP contribution in [0.15, 0.2) is 18.2 Å². The topological polar surface area (TPSA) is 95.9 Å². The summed E-state index contributed by atoms with van der Waals surface area (Å²) in [5.41, 5.74) is 1.16. The van der Waals surface area contributed by atoms with Crippen LogP contribution < -0.4 is 9.03 Å². The molecule has 2 rings (SSSR count). The van der Waals surface area contributed by atoms with Gasteiger partial charge in [0.1, 0.15) is 0 Å². The second-order valence-corrected chi connectivity index (χ2v) is 6.36. The molecule has 21 heavy (non-hydrogen) atoms. The predicted molar refractivity (Wildman–Crippen MR) is 77.9 cm³/mol. The number of nitrogens with one attached hydrogen (secondary N) is 1. The number of carboxylic acids is 1. The van der Waals surface area contributed by atoms with Crippen molar-refractivity contribution < 1.29 is 23.1 Å². The fraction of sp³-hybridized carbons (Fsp3) is 0.462. The lowest BCUT2D eigenvalue weighted by Gasteiger charge is -2.31. The number of nitrogens with zero attached hydrogens (tertiary/aromatic N) is 1. The van der Waals surface area contributed by atoms with Crippen LogP contribution in [0.1, 0.15) is 22.3 Å². The summed E-state index contributed by atoms with van der Waals surface area (Å²) in [6.45, 7) is 0.775. The largest absolute Gasteiger partial charge is 0.478 e. The lowest BCUT2D eigenvalue weighted by molar-refractivity contribution is 0.0695. The Balaban J connectivity index is 2.34. The Hall–Kier alpha value is -1.64. The first-order valence-corrected chi connectivity index (χ1v) is 8.03. The van der Waals surface area contributed by atoms with Gasteiger partial charge in [0.2, 0.25) is 0 Å². The molecule has 0 unspecified atom stereocenters. The maximum absolute atomic E-state index is 12.3. The first-order valence-electron chi connectivity index (χ1n) is 6.59. The average Bonchev–Trinajstić information content (AvgIpc) is 2.46. The molecular weight excluding hydrogens is 296 g/mol. The van der Waals surface area contributed by atoms with Crippen molar-refractivity contribution in [2.75, 3.05) is 31.1 Å². The minimum Gasteiger partial charge on any atom is -0.478 e. The van der Waals surface area contributed by atoms with E-state index in [1.807, 2.05) is 0 Å². The lowest BCUT2D eigenvalue weighted by atomic mass is 9.98. The van der Waals surface area contributed by atoms with Gasteiger partial charge in [0.05, 0.1) is 17.9 Å². The summed E-state index contributed by atoms with van der Waals surface area (Å²) in [5.74, 6) is -1.04. The van der Waals surface area contributed by atoms with E-state index in [0.29, 0.717) is 30.6 Å². The number of rotatable bonds is 6. The first kappa shape index (κ1) is 15.7. The second kappa shape index (κ2) is 6.42. The number of hydrogen-bond acceptors (Lipinski definition) is 4. The Morgan fingerprint density at radius 2 is 2.24 bits per heavy atom. The van der Waals surface area contributed by atoms with Crippen molar-refractivity contribution in [1.29, 1.82) is 0 Å². The first-order chi connectivity index (χ1) is 9.97. The van der Waals surface area contributed by atoms with Crippen LogP contribution in [0.5, 0.6) is 0 Å². The number of methoxy groups -OCH3 is 1. The molecule has 1 aliphatic heterocycles. The van der Waals surface area contributed by atoms with Crippen molar-refractivity contribution in [2.24, 2.45) is 0 Å². The molecule has 1 aromatic rings. The van der Waals surface area contributed by atoms with E-state index in [9.17, 15) is 18.3 Å². The summed E-state index contributed by atoms with van der Waals surface area (Å²) in [4.78, 5) is 11.2. The fourth-order valence-corrected chi connectivity index (χ4v) is 3.69. The van der Waals surface area contributed by atoms with Crippen molar-refractivity contribution >= 4 is 21.9 Å². The molecule has 116 valence electrons. The molecule has 0 radical (unpaired) electrons. The van der Waals surface area contributed by atoms with Crippen LogP contribution in [0.2, 0.25) is 0 Å². The minimum absolute atomic E-state index is 0.157. The molecule has 0 saturated carbocycles. The summed E-state index contributed by atoms with van der Waals surface area (Å²) in [6.07, 6.45) is 1.14. The van der Waals surface area contributed by atoms with Gasteiger partial charge in [-0.2, -0.15) is 13.1 Å². The molecule has 0 fully saturated rings. The maximum Gasteiger partial charge on any atom is 0.336 e. The zero-order valence-corrected chi connectivity index (χ0v) is 12.5. The highest BCUT2D eigenvalue weighted by atomic mass is 32.2. The molecule has 0 aromatic heterocycles. The molecule has 7 nitrogen and oxygen atoms in total. The molecule has 8 heteroatoms. The van der Waals surface area contributed by atoms with Gasteiger partial charge < -0.3 is 9.84 Å². The third-order valence-electron chi connectivity index (χ3n) is 3.32. The molecule has 0 amide bonds. The number of benzene rings is 1. The van der Waals surface area contributed by atoms with Gasteiger partial charge >= 0.3 is 16.2 Å². The number of ether oxygens (including phenoxy) is 1. The van der Waals surface area contributed by atoms with Crippen LogP contribution in [0, 0.1) is 0 Å². The number of carbonyl (C=O) groups is 1. The highest BCUT2D eigenvalue weighted by Gasteiger charge is 2.29. The van der Waals surface area contributed by atoms with E-state index < -0.39 is 16.2 Å². The van der Waals surface area contributed by atoms with Crippen LogP contribution in [0.4, 0.5) is 5.69 Å². The van der Waals surface area contributed by atoms with Gasteiger partial charge in [-0.25, -0.2) is 4.79 Å². The monoisotopic (exact) mass is 314 g/mol. The zero-order chi connectivity index (χ0) is 15.5. The van der Waals surface area contributed by atoms with Gasteiger partial charge in [0.15, 0.2) is 0 Å². The number of aromatic carboxylic acids is 1. The van der Waals surface area contributed by atoms with Crippen molar-refractivity contribution in [3.05, 3.63) is 29.3 Å². The number of hydrogen-bond donors (Lipinski definition) is 2. The van der Waals surface area contributed by atoms with Gasteiger partial charge in [-0.1, -0.05) is 6.07 Å². The minimum atomic E-state index is -3.70. The smallest absolute Gasteiger partial charge is 0.336 e. The van der Waals surface area contributed by atoms with Gasteiger partial charge in [-0.05, 0) is 30.5 Å². The van der Waals surface area contributed by atoms with Crippen molar-refractivity contribution in [3.63, 3.8) is 0 Å². The van der Waals surface area contributed by atoms with Crippen LogP contribution in [0.3, 0.4) is 0 Å². The SMILES string of the molecule is COCCNS(=O)(=O)N1CCCc2c(C(=O)O)cccc21. The fourth-order valence-electron chi connectivity index (χ4n) is 2.39. The molecule has 1 heterocycles. The van der Waals surface area contributed by atoms with E-state index in [-0.39, 0.29) is 18.7 Å². The third-order valence-corrected chi connectivity index (χ3v) is 4.85. The number of fused-ring (bicyclic) bond motifs is 1. The van der Waals surface area contributed by atoms with Gasteiger partial charge in [0.25, 0.3) is 0 Å². The Morgan fingerprint density at radius 1 is 1.48 bits per heavy atom. The standard InChI is InChI=1S/C13H18N2O5S/c1-20-9-7-14-21(18,19)15-8-3-5-10-11(13(16)17)4-2-6-12(10)15/h2,4,6,14H,3,5,7-9H2,1H3,(H,16,17). The van der Waals surface area contributed by atoms with Crippen LogP contribution in [-0.4, -0.2) is 46.3 Å². The summed E-state index contributed by atoms with van der Waals surface area (Å²) in [7, 11) is -2.21. The van der Waals surface area contributed by atoms with Gasteiger partial charge in [-0.15, -0.1) is 0 Å². The Morgan fingerprint density at radius 3 is 2.90 bits per heavy atom. The summed E-state index contributed by atoms with van der Waals surface area (Å²) < 4.78 is 33.1. The van der Waals surface area contributed by atoms with E-state index in [2.05, 4.69) is 4.72 Å². The summed E-state index contributed by atoms with van der Waals surface area (Å²) in [5, 5.41) is 9.20. The van der Waals surface area contributed by atoms with E-state index in [1.54, 1.807) is 12.1 Å². The van der Waals surface area contributed by atoms with Crippen molar-refractivity contribution in [3.8, 4) is 0 Å². The molecule has 1 aromatic carbocycles. The Labute approximate surface area is 123 Å².